The summed E-state index contributed by atoms with van der Waals surface area (Å²) < 4.78 is 17.1. The summed E-state index contributed by atoms with van der Waals surface area (Å²) >= 11 is 0. The zero-order chi connectivity index (χ0) is 13.2. The summed E-state index contributed by atoms with van der Waals surface area (Å²) in [4.78, 5) is 0. The van der Waals surface area contributed by atoms with Crippen LogP contribution in [0.4, 0.5) is 0 Å². The molecular weight excluding hydrogens is 260 g/mol. The third kappa shape index (κ3) is 3.66. The molecule has 106 valence electrons. The van der Waals surface area contributed by atoms with E-state index in [4.69, 9.17) is 13.9 Å². The molecule has 2 saturated heterocycles. The van der Waals surface area contributed by atoms with E-state index in [-0.39, 0.29) is 0 Å². The average molecular weight is 289 g/mol. The van der Waals surface area contributed by atoms with Crippen LogP contribution < -0.4 is 0 Å². The fourth-order valence-corrected chi connectivity index (χ4v) is 13.8. The second-order valence-electron chi connectivity index (χ2n) is 6.67. The van der Waals surface area contributed by atoms with Gasteiger partial charge in [0.2, 0.25) is 0 Å². The number of hydrogen-bond acceptors (Lipinski definition) is 3. The predicted octanol–water partition coefficient (Wildman–Crippen LogP) is 2.96. The van der Waals surface area contributed by atoms with Gasteiger partial charge < -0.3 is 13.9 Å². The highest BCUT2D eigenvalue weighted by Crippen LogP contribution is 2.36. The first-order chi connectivity index (χ1) is 8.43. The maximum absolute atomic E-state index is 6.33. The van der Waals surface area contributed by atoms with E-state index in [0.717, 1.165) is 19.8 Å². The van der Waals surface area contributed by atoms with E-state index in [0.29, 0.717) is 12.2 Å². The number of ether oxygens (including phenoxy) is 2. The molecule has 0 radical (unpaired) electrons. The summed E-state index contributed by atoms with van der Waals surface area (Å²) in [5.41, 5.74) is 0. The molecule has 0 saturated carbocycles. The van der Waals surface area contributed by atoms with Crippen molar-refractivity contribution >= 4 is 15.4 Å². The molecule has 18 heavy (non-hydrogen) atoms. The fourth-order valence-electron chi connectivity index (χ4n) is 2.90. The lowest BCUT2D eigenvalue weighted by Crippen LogP contribution is -2.63. The molecule has 2 rings (SSSR count). The molecule has 3 unspecified atom stereocenters. The second kappa shape index (κ2) is 5.75. The lowest BCUT2D eigenvalue weighted by molar-refractivity contribution is 0.117. The van der Waals surface area contributed by atoms with E-state index in [1.54, 1.807) is 0 Å². The first-order valence-corrected chi connectivity index (χ1v) is 14.1. The van der Waals surface area contributed by atoms with Crippen LogP contribution >= 0.6 is 0 Å². The van der Waals surface area contributed by atoms with Crippen LogP contribution in [0, 0.1) is 0 Å². The van der Waals surface area contributed by atoms with Crippen molar-refractivity contribution in [1.82, 2.24) is 0 Å². The maximum Gasteiger partial charge on any atom is 0.174 e. The van der Waals surface area contributed by atoms with Crippen molar-refractivity contribution in [2.24, 2.45) is 0 Å². The van der Waals surface area contributed by atoms with Crippen LogP contribution in [-0.4, -0.2) is 47.5 Å². The van der Waals surface area contributed by atoms with Gasteiger partial charge in [0.1, 0.15) is 6.10 Å². The Morgan fingerprint density at radius 2 is 2.00 bits per heavy atom. The Labute approximate surface area is 113 Å². The normalized spacial score (nSPS) is 38.7. The van der Waals surface area contributed by atoms with Crippen molar-refractivity contribution in [3.63, 3.8) is 0 Å². The molecule has 5 heteroatoms. The number of epoxide rings is 1. The SMILES string of the molecule is CC1CC[Si](C)(CCCOCC2CO2)[Si](C)(C)O1. The van der Waals surface area contributed by atoms with Crippen LogP contribution in [0.25, 0.3) is 0 Å². The van der Waals surface area contributed by atoms with Crippen LogP contribution in [0.15, 0.2) is 0 Å². The van der Waals surface area contributed by atoms with Crippen molar-refractivity contribution in [2.75, 3.05) is 19.8 Å². The minimum atomic E-state index is -1.42. The fraction of sp³-hybridized carbons (Fsp3) is 1.00. The smallest absolute Gasteiger partial charge is 0.174 e. The molecule has 3 nitrogen and oxygen atoms in total. The molecule has 0 bridgehead atoms. The van der Waals surface area contributed by atoms with Gasteiger partial charge in [-0.2, -0.15) is 0 Å². The van der Waals surface area contributed by atoms with Gasteiger partial charge >= 0.3 is 0 Å². The van der Waals surface area contributed by atoms with E-state index in [2.05, 4.69) is 26.6 Å². The van der Waals surface area contributed by atoms with Crippen LogP contribution in [0.2, 0.25) is 31.7 Å². The number of hydrogen-bond donors (Lipinski definition) is 0. The standard InChI is InChI=1S/C13H28O3Si2/c1-12-6-9-18(4,17(2,3)16-12)8-5-7-14-10-13-11-15-13/h12-13H,5-11H2,1-4H3. The largest absolute Gasteiger partial charge is 0.417 e. The Morgan fingerprint density at radius 1 is 1.28 bits per heavy atom. The Morgan fingerprint density at radius 3 is 2.61 bits per heavy atom. The first kappa shape index (κ1) is 14.7. The molecule has 0 N–H and O–H groups in total. The van der Waals surface area contributed by atoms with Crippen molar-refractivity contribution in [3.05, 3.63) is 0 Å². The summed E-state index contributed by atoms with van der Waals surface area (Å²) in [6.07, 6.45) is 3.39. The Hall–Kier alpha value is 0.314. The van der Waals surface area contributed by atoms with E-state index in [1.807, 2.05) is 0 Å². The summed E-state index contributed by atoms with van der Waals surface area (Å²) in [6.45, 7) is 12.3. The van der Waals surface area contributed by atoms with E-state index >= 15 is 0 Å². The van der Waals surface area contributed by atoms with Crippen molar-refractivity contribution < 1.29 is 13.9 Å². The van der Waals surface area contributed by atoms with Gasteiger partial charge in [-0.05, 0) is 32.9 Å². The molecule has 0 spiro atoms. The Kier molecular flexibility index (Phi) is 4.70. The highest BCUT2D eigenvalue weighted by molar-refractivity contribution is 7.38. The van der Waals surface area contributed by atoms with Crippen LogP contribution in [0.5, 0.6) is 0 Å². The summed E-state index contributed by atoms with van der Waals surface area (Å²) in [5, 5.41) is 0. The molecular formula is C13H28O3Si2. The average Bonchev–Trinajstić information content (AvgIpc) is 3.07. The third-order valence-electron chi connectivity index (χ3n) is 4.78. The minimum absolute atomic E-state index is 0.405. The molecule has 3 atom stereocenters. The van der Waals surface area contributed by atoms with Crippen LogP contribution in [0.3, 0.4) is 0 Å². The zero-order valence-electron chi connectivity index (χ0n) is 12.3. The van der Waals surface area contributed by atoms with Crippen LogP contribution in [0.1, 0.15) is 19.8 Å². The molecule has 2 aliphatic heterocycles. The molecule has 0 aromatic heterocycles. The van der Waals surface area contributed by atoms with Gasteiger partial charge in [0.15, 0.2) is 7.83 Å². The summed E-state index contributed by atoms with van der Waals surface area (Å²) in [6, 6.07) is 2.84. The van der Waals surface area contributed by atoms with Crippen molar-refractivity contribution in [1.29, 1.82) is 0 Å². The molecule has 0 aromatic carbocycles. The van der Waals surface area contributed by atoms with E-state index < -0.39 is 15.4 Å². The maximum atomic E-state index is 6.33. The summed E-state index contributed by atoms with van der Waals surface area (Å²) in [7, 11) is -2.58. The topological polar surface area (TPSA) is 31.0 Å². The van der Waals surface area contributed by atoms with Gasteiger partial charge in [-0.25, -0.2) is 0 Å². The van der Waals surface area contributed by atoms with Gasteiger partial charge in [-0.1, -0.05) is 18.6 Å². The van der Waals surface area contributed by atoms with Gasteiger partial charge in [0, 0.05) is 12.7 Å². The molecule has 0 aliphatic carbocycles. The molecule has 0 aromatic rings. The molecule has 0 amide bonds. The monoisotopic (exact) mass is 288 g/mol. The van der Waals surface area contributed by atoms with Crippen molar-refractivity contribution in [2.45, 2.75) is 63.7 Å². The Bertz CT molecular complexity index is 281. The van der Waals surface area contributed by atoms with Gasteiger partial charge in [-0.3, -0.25) is 0 Å². The first-order valence-electron chi connectivity index (χ1n) is 7.30. The summed E-state index contributed by atoms with van der Waals surface area (Å²) in [5.74, 6) is 0. The molecule has 2 heterocycles. The molecule has 2 fully saturated rings. The van der Waals surface area contributed by atoms with Gasteiger partial charge in [0.05, 0.1) is 20.8 Å². The van der Waals surface area contributed by atoms with Crippen molar-refractivity contribution in [3.8, 4) is 0 Å². The highest BCUT2D eigenvalue weighted by atomic mass is 29.3. The predicted molar refractivity (Wildman–Crippen MR) is 79.1 cm³/mol. The van der Waals surface area contributed by atoms with Crippen LogP contribution in [-0.2, 0) is 13.9 Å². The quantitative estimate of drug-likeness (QED) is 0.428. The lowest BCUT2D eigenvalue weighted by atomic mass is 10.3. The Balaban J connectivity index is 1.71. The highest BCUT2D eigenvalue weighted by Gasteiger charge is 2.49. The zero-order valence-corrected chi connectivity index (χ0v) is 14.3. The number of rotatable bonds is 6. The van der Waals surface area contributed by atoms with E-state index in [1.165, 1.54) is 24.9 Å². The minimum Gasteiger partial charge on any atom is -0.417 e. The van der Waals surface area contributed by atoms with E-state index in [9.17, 15) is 0 Å². The third-order valence-corrected chi connectivity index (χ3v) is 22.1. The molecule has 2 aliphatic rings. The van der Waals surface area contributed by atoms with Gasteiger partial charge in [0.25, 0.3) is 0 Å². The second-order valence-corrected chi connectivity index (χ2v) is 21.3. The lowest BCUT2D eigenvalue weighted by Gasteiger charge is -2.47. The van der Waals surface area contributed by atoms with Gasteiger partial charge in [-0.15, -0.1) is 0 Å².